The lowest BCUT2D eigenvalue weighted by Crippen LogP contribution is -2.47. The van der Waals surface area contributed by atoms with Gasteiger partial charge in [0.1, 0.15) is 5.75 Å². The summed E-state index contributed by atoms with van der Waals surface area (Å²) < 4.78 is 0. The number of aromatic hydroxyl groups is 1. The van der Waals surface area contributed by atoms with Crippen LogP contribution in [0.5, 0.6) is 5.75 Å². The van der Waals surface area contributed by atoms with E-state index in [-0.39, 0.29) is 0 Å². The molecule has 0 radical (unpaired) electrons. The fourth-order valence-corrected chi connectivity index (χ4v) is 4.30. The highest BCUT2D eigenvalue weighted by molar-refractivity contribution is 5.30. The van der Waals surface area contributed by atoms with E-state index in [9.17, 15) is 5.11 Å². The molecule has 1 aliphatic heterocycles. The van der Waals surface area contributed by atoms with Crippen LogP contribution in [0.2, 0.25) is 0 Å². The van der Waals surface area contributed by atoms with Crippen LogP contribution >= 0.6 is 0 Å². The molecule has 1 saturated carbocycles. The smallest absolute Gasteiger partial charge is 0.115 e. The number of piperidine rings is 1. The van der Waals surface area contributed by atoms with Gasteiger partial charge in [-0.3, -0.25) is 0 Å². The van der Waals surface area contributed by atoms with E-state index < -0.39 is 0 Å². The molecule has 0 bridgehead atoms. The van der Waals surface area contributed by atoms with Gasteiger partial charge in [0.15, 0.2) is 0 Å². The molecule has 4 unspecified atom stereocenters. The van der Waals surface area contributed by atoms with Crippen molar-refractivity contribution in [3.05, 3.63) is 29.8 Å². The van der Waals surface area contributed by atoms with E-state index in [1.807, 2.05) is 12.1 Å². The Morgan fingerprint density at radius 3 is 2.91 bits per heavy atom. The average Bonchev–Trinajstić information content (AvgIpc) is 2.52. The van der Waals surface area contributed by atoms with Crippen molar-refractivity contribution in [3.63, 3.8) is 0 Å². The van der Waals surface area contributed by atoms with E-state index >= 15 is 0 Å². The van der Waals surface area contributed by atoms with Gasteiger partial charge in [0, 0.05) is 12.1 Å². The van der Waals surface area contributed by atoms with Crippen LogP contribution in [0.3, 0.4) is 0 Å². The molecule has 1 heterocycles. The first-order valence-corrected chi connectivity index (χ1v) is 8.89. The lowest BCUT2D eigenvalue weighted by molar-refractivity contribution is 0.112. The van der Waals surface area contributed by atoms with Crippen LogP contribution < -0.4 is 10.6 Å². The third-order valence-corrected chi connectivity index (χ3v) is 5.39. The van der Waals surface area contributed by atoms with Crippen LogP contribution in [0.25, 0.3) is 0 Å². The minimum atomic E-state index is 0.383. The molecule has 3 heteroatoms. The summed E-state index contributed by atoms with van der Waals surface area (Å²) in [6.07, 6.45) is 5.17. The predicted octanol–water partition coefficient (Wildman–Crippen LogP) is 3.46. The Morgan fingerprint density at radius 2 is 2.14 bits per heavy atom. The molecule has 1 aromatic rings. The van der Waals surface area contributed by atoms with Gasteiger partial charge in [-0.15, -0.1) is 0 Å². The minimum Gasteiger partial charge on any atom is -0.508 e. The summed E-state index contributed by atoms with van der Waals surface area (Å²) in [4.78, 5) is 0. The van der Waals surface area contributed by atoms with Crippen molar-refractivity contribution in [3.8, 4) is 5.75 Å². The second-order valence-corrected chi connectivity index (χ2v) is 7.55. The number of nitrogens with one attached hydrogen (secondary N) is 2. The molecule has 1 aromatic carbocycles. The first-order valence-electron chi connectivity index (χ1n) is 8.89. The standard InChI is InChI=1S/C19H30N2O/c1-13(2)12-21-16-6-7-18-14(10-16)8-9-20-19(18)15-4-3-5-17(22)11-15/h3-5,11,13-14,16,18-22H,6-10,12H2,1-2H3. The molecule has 0 amide bonds. The first-order chi connectivity index (χ1) is 10.6. The van der Waals surface area contributed by atoms with E-state index in [1.165, 1.54) is 31.2 Å². The molecule has 0 spiro atoms. The molecule has 3 nitrogen and oxygen atoms in total. The zero-order chi connectivity index (χ0) is 15.5. The topological polar surface area (TPSA) is 44.3 Å². The highest BCUT2D eigenvalue weighted by Gasteiger charge is 2.38. The van der Waals surface area contributed by atoms with E-state index in [0.717, 1.165) is 24.9 Å². The molecule has 4 atom stereocenters. The maximum atomic E-state index is 9.77. The zero-order valence-corrected chi connectivity index (χ0v) is 13.9. The molecule has 122 valence electrons. The van der Waals surface area contributed by atoms with Crippen molar-refractivity contribution in [1.82, 2.24) is 10.6 Å². The maximum Gasteiger partial charge on any atom is 0.115 e. The summed E-state index contributed by atoms with van der Waals surface area (Å²) in [7, 11) is 0. The number of rotatable bonds is 4. The maximum absolute atomic E-state index is 9.77. The van der Waals surface area contributed by atoms with Gasteiger partial charge in [0.05, 0.1) is 0 Å². The van der Waals surface area contributed by atoms with E-state index in [4.69, 9.17) is 0 Å². The molecule has 3 N–H and O–H groups in total. The normalized spacial score (nSPS) is 32.0. The highest BCUT2D eigenvalue weighted by atomic mass is 16.3. The summed E-state index contributed by atoms with van der Waals surface area (Å²) in [5.74, 6) is 2.64. The van der Waals surface area contributed by atoms with Crippen LogP contribution in [0.15, 0.2) is 24.3 Å². The third kappa shape index (κ3) is 3.64. The first kappa shape index (κ1) is 15.8. The number of phenolic OH excluding ortho intramolecular Hbond substituents is 1. The molecule has 22 heavy (non-hydrogen) atoms. The second-order valence-electron chi connectivity index (χ2n) is 7.55. The monoisotopic (exact) mass is 302 g/mol. The number of fused-ring (bicyclic) bond motifs is 1. The summed E-state index contributed by atoms with van der Waals surface area (Å²) >= 11 is 0. The quantitative estimate of drug-likeness (QED) is 0.798. The minimum absolute atomic E-state index is 0.383. The van der Waals surface area contributed by atoms with E-state index in [0.29, 0.717) is 23.8 Å². The highest BCUT2D eigenvalue weighted by Crippen LogP contribution is 2.43. The Labute approximate surface area is 134 Å². The number of hydrogen-bond acceptors (Lipinski definition) is 3. The zero-order valence-electron chi connectivity index (χ0n) is 13.9. The fourth-order valence-electron chi connectivity index (χ4n) is 4.30. The lowest BCUT2D eigenvalue weighted by Gasteiger charge is -2.45. The molecule has 0 aromatic heterocycles. The Kier molecular flexibility index (Phi) is 5.04. The van der Waals surface area contributed by atoms with Gasteiger partial charge in [-0.05, 0) is 74.2 Å². The molecule has 1 aliphatic carbocycles. The van der Waals surface area contributed by atoms with E-state index in [2.05, 4.69) is 30.5 Å². The number of hydrogen-bond donors (Lipinski definition) is 3. The Morgan fingerprint density at radius 1 is 1.27 bits per heavy atom. The van der Waals surface area contributed by atoms with Crippen LogP contribution in [-0.2, 0) is 0 Å². The van der Waals surface area contributed by atoms with Gasteiger partial charge in [0.25, 0.3) is 0 Å². The second kappa shape index (κ2) is 7.01. The molecule has 2 aliphatic rings. The van der Waals surface area contributed by atoms with Gasteiger partial charge in [-0.25, -0.2) is 0 Å². The fraction of sp³-hybridized carbons (Fsp3) is 0.684. The van der Waals surface area contributed by atoms with Crippen molar-refractivity contribution < 1.29 is 5.11 Å². The van der Waals surface area contributed by atoms with Gasteiger partial charge < -0.3 is 15.7 Å². The van der Waals surface area contributed by atoms with Crippen LogP contribution in [-0.4, -0.2) is 24.2 Å². The van der Waals surface area contributed by atoms with Gasteiger partial charge in [-0.1, -0.05) is 26.0 Å². The summed E-state index contributed by atoms with van der Waals surface area (Å²) in [6, 6.07) is 8.93. The van der Waals surface area contributed by atoms with Gasteiger partial charge >= 0.3 is 0 Å². The average molecular weight is 302 g/mol. The Bertz CT molecular complexity index is 488. The van der Waals surface area contributed by atoms with Crippen LogP contribution in [0.1, 0.15) is 51.1 Å². The van der Waals surface area contributed by atoms with Crippen molar-refractivity contribution in [1.29, 1.82) is 0 Å². The SMILES string of the molecule is CC(C)CNC1CCC2C(CCNC2c2cccc(O)c2)C1. The number of benzene rings is 1. The van der Waals surface area contributed by atoms with Crippen LogP contribution in [0.4, 0.5) is 0 Å². The summed E-state index contributed by atoms with van der Waals surface area (Å²) in [6.45, 7) is 6.79. The van der Waals surface area contributed by atoms with Crippen molar-refractivity contribution in [2.75, 3.05) is 13.1 Å². The molecule has 2 fully saturated rings. The molecule has 3 rings (SSSR count). The molecular weight excluding hydrogens is 272 g/mol. The third-order valence-electron chi connectivity index (χ3n) is 5.39. The van der Waals surface area contributed by atoms with Crippen molar-refractivity contribution >= 4 is 0 Å². The molecule has 1 saturated heterocycles. The van der Waals surface area contributed by atoms with Gasteiger partial charge in [-0.2, -0.15) is 0 Å². The van der Waals surface area contributed by atoms with E-state index in [1.54, 1.807) is 6.07 Å². The van der Waals surface area contributed by atoms with Crippen molar-refractivity contribution in [2.24, 2.45) is 17.8 Å². The largest absolute Gasteiger partial charge is 0.508 e. The lowest BCUT2D eigenvalue weighted by atomic mass is 9.68. The summed E-state index contributed by atoms with van der Waals surface area (Å²) in [5.41, 5.74) is 1.25. The summed E-state index contributed by atoms with van der Waals surface area (Å²) in [5, 5.41) is 17.2. The van der Waals surface area contributed by atoms with Gasteiger partial charge in [0.2, 0.25) is 0 Å². The molecular formula is C19H30N2O. The number of phenols is 1. The Hall–Kier alpha value is -1.06. The Balaban J connectivity index is 1.65. The predicted molar refractivity (Wildman–Crippen MR) is 90.9 cm³/mol. The van der Waals surface area contributed by atoms with Crippen molar-refractivity contribution in [2.45, 2.75) is 51.6 Å². The van der Waals surface area contributed by atoms with Crippen LogP contribution in [0, 0.1) is 17.8 Å².